The van der Waals surface area contributed by atoms with E-state index in [1.165, 1.54) is 19.3 Å². The van der Waals surface area contributed by atoms with Gasteiger partial charge in [0.2, 0.25) is 11.9 Å². The van der Waals surface area contributed by atoms with E-state index in [4.69, 9.17) is 10.6 Å². The smallest absolute Gasteiger partial charge is 0.323 e. The van der Waals surface area contributed by atoms with Gasteiger partial charge >= 0.3 is 6.01 Å². The molecule has 0 spiro atoms. The van der Waals surface area contributed by atoms with Crippen LogP contribution in [0.25, 0.3) is 0 Å². The monoisotopic (exact) mass is 280 g/mol. The first-order chi connectivity index (χ1) is 9.55. The van der Waals surface area contributed by atoms with Crippen LogP contribution in [0.15, 0.2) is 0 Å². The Hall–Kier alpha value is -1.63. The first kappa shape index (κ1) is 14.8. The molecule has 0 saturated heterocycles. The summed E-state index contributed by atoms with van der Waals surface area (Å²) in [4.78, 5) is 12.6. The minimum atomic E-state index is 0.229. The van der Waals surface area contributed by atoms with Crippen LogP contribution < -0.4 is 21.3 Å². The molecule has 0 radical (unpaired) electrons. The average Bonchev–Trinajstić information content (AvgIpc) is 2.41. The lowest BCUT2D eigenvalue weighted by atomic mass is 9.73. The maximum Gasteiger partial charge on any atom is 0.323 e. The topological polar surface area (TPSA) is 98.0 Å². The molecule has 4 N–H and O–H groups in total. The fourth-order valence-electron chi connectivity index (χ4n) is 2.60. The predicted octanol–water partition coefficient (Wildman–Crippen LogP) is 1.94. The number of anilines is 2. The van der Waals surface area contributed by atoms with E-state index >= 15 is 0 Å². The number of nitrogen functional groups attached to an aromatic ring is 1. The molecule has 1 unspecified atom stereocenters. The van der Waals surface area contributed by atoms with E-state index < -0.39 is 0 Å². The van der Waals surface area contributed by atoms with Crippen molar-refractivity contribution in [3.8, 4) is 6.01 Å². The van der Waals surface area contributed by atoms with Crippen LogP contribution in [0.4, 0.5) is 11.9 Å². The molecule has 0 aromatic carbocycles. The first-order valence-electron chi connectivity index (χ1n) is 7.17. The summed E-state index contributed by atoms with van der Waals surface area (Å²) in [6.07, 6.45) is 4.83. The number of ether oxygens (including phenoxy) is 1. The maximum absolute atomic E-state index is 5.38. The summed E-state index contributed by atoms with van der Waals surface area (Å²) in [5, 5.41) is 3.41. The lowest BCUT2D eigenvalue weighted by Crippen LogP contribution is -2.39. The van der Waals surface area contributed by atoms with Gasteiger partial charge in [0, 0.05) is 6.04 Å². The molecule has 1 aromatic heterocycles. The minimum Gasteiger partial charge on any atom is -0.464 e. The van der Waals surface area contributed by atoms with Crippen molar-refractivity contribution in [2.75, 3.05) is 17.3 Å². The molecule has 0 amide bonds. The number of hydrogen-bond donors (Lipinski definition) is 3. The van der Waals surface area contributed by atoms with Crippen LogP contribution in [0.2, 0.25) is 0 Å². The second-order valence-corrected chi connectivity index (χ2v) is 5.77. The zero-order valence-electron chi connectivity index (χ0n) is 12.4. The molecule has 1 atom stereocenters. The van der Waals surface area contributed by atoms with Crippen molar-refractivity contribution in [1.29, 1.82) is 0 Å². The van der Waals surface area contributed by atoms with Gasteiger partial charge in [0.1, 0.15) is 0 Å². The van der Waals surface area contributed by atoms with Gasteiger partial charge in [-0.2, -0.15) is 15.0 Å². The van der Waals surface area contributed by atoms with Crippen LogP contribution in [-0.2, 0) is 0 Å². The highest BCUT2D eigenvalue weighted by Crippen LogP contribution is 2.36. The molecule has 7 heteroatoms. The molecular formula is C13H24N6O. The lowest BCUT2D eigenvalue weighted by Gasteiger charge is -2.39. The number of nitrogens with two attached hydrogens (primary N) is 1. The van der Waals surface area contributed by atoms with Crippen molar-refractivity contribution in [3.05, 3.63) is 0 Å². The molecule has 2 rings (SSSR count). The Kier molecular flexibility index (Phi) is 4.59. The van der Waals surface area contributed by atoms with E-state index in [2.05, 4.69) is 39.5 Å². The average molecular weight is 280 g/mol. The van der Waals surface area contributed by atoms with Gasteiger partial charge in [-0.05, 0) is 25.2 Å². The maximum atomic E-state index is 5.38. The molecular weight excluding hydrogens is 256 g/mol. The van der Waals surface area contributed by atoms with Crippen molar-refractivity contribution >= 4 is 11.9 Å². The highest BCUT2D eigenvalue weighted by atomic mass is 16.5. The number of hydrogen-bond acceptors (Lipinski definition) is 7. The number of nitrogens with one attached hydrogen (secondary N) is 2. The normalized spacial score (nSPS) is 21.3. The number of aromatic nitrogens is 3. The first-order valence-corrected chi connectivity index (χ1v) is 7.17. The molecule has 1 heterocycles. The van der Waals surface area contributed by atoms with Gasteiger partial charge in [-0.25, -0.2) is 5.84 Å². The summed E-state index contributed by atoms with van der Waals surface area (Å²) in [6.45, 7) is 6.94. The highest BCUT2D eigenvalue weighted by molar-refractivity contribution is 5.36. The fourth-order valence-corrected chi connectivity index (χ4v) is 2.60. The number of nitrogens with zero attached hydrogens (tertiary/aromatic N) is 3. The molecule has 1 aromatic rings. The fraction of sp³-hybridized carbons (Fsp3) is 0.769. The van der Waals surface area contributed by atoms with Crippen LogP contribution >= 0.6 is 0 Å². The summed E-state index contributed by atoms with van der Waals surface area (Å²) in [5.74, 6) is 6.20. The van der Waals surface area contributed by atoms with E-state index in [9.17, 15) is 0 Å². The van der Waals surface area contributed by atoms with Crippen LogP contribution in [0, 0.1) is 5.41 Å². The van der Waals surface area contributed by atoms with Crippen LogP contribution in [0.3, 0.4) is 0 Å². The van der Waals surface area contributed by atoms with Gasteiger partial charge in [-0.3, -0.25) is 5.43 Å². The second-order valence-electron chi connectivity index (χ2n) is 5.77. The molecule has 7 nitrogen and oxygen atoms in total. The van der Waals surface area contributed by atoms with Gasteiger partial charge in [0.05, 0.1) is 6.61 Å². The van der Waals surface area contributed by atoms with E-state index in [-0.39, 0.29) is 11.4 Å². The molecule has 1 fully saturated rings. The zero-order chi connectivity index (χ0) is 14.6. The van der Waals surface area contributed by atoms with Gasteiger partial charge in [0.25, 0.3) is 0 Å². The molecule has 1 saturated carbocycles. The van der Waals surface area contributed by atoms with Gasteiger partial charge in [-0.15, -0.1) is 0 Å². The molecule has 112 valence electrons. The van der Waals surface area contributed by atoms with Crippen molar-refractivity contribution in [2.24, 2.45) is 11.3 Å². The Bertz CT molecular complexity index is 450. The molecule has 0 aliphatic heterocycles. The molecule has 0 bridgehead atoms. The Balaban J connectivity index is 2.17. The molecule has 1 aliphatic rings. The Morgan fingerprint density at radius 1 is 1.25 bits per heavy atom. The van der Waals surface area contributed by atoms with Gasteiger partial charge < -0.3 is 10.1 Å². The summed E-state index contributed by atoms with van der Waals surface area (Å²) in [6, 6.07) is 0.630. The van der Waals surface area contributed by atoms with Crippen molar-refractivity contribution in [2.45, 2.75) is 52.5 Å². The quantitative estimate of drug-likeness (QED) is 0.560. The van der Waals surface area contributed by atoms with Crippen LogP contribution in [0.1, 0.15) is 46.5 Å². The highest BCUT2D eigenvalue weighted by Gasteiger charge is 2.32. The number of rotatable bonds is 5. The summed E-state index contributed by atoms with van der Waals surface area (Å²) < 4.78 is 5.33. The largest absolute Gasteiger partial charge is 0.464 e. The van der Waals surface area contributed by atoms with Gasteiger partial charge in [0.15, 0.2) is 0 Å². The third-order valence-electron chi connectivity index (χ3n) is 3.83. The third kappa shape index (κ3) is 3.47. The SMILES string of the molecule is CCOc1nc(NN)nc(NC2CCCCC2(C)C)n1. The lowest BCUT2D eigenvalue weighted by molar-refractivity contribution is 0.216. The minimum absolute atomic E-state index is 0.229. The van der Waals surface area contributed by atoms with Crippen LogP contribution in [0.5, 0.6) is 6.01 Å². The summed E-state index contributed by atoms with van der Waals surface area (Å²) in [5.41, 5.74) is 2.67. The summed E-state index contributed by atoms with van der Waals surface area (Å²) >= 11 is 0. The van der Waals surface area contributed by atoms with E-state index in [0.29, 0.717) is 24.5 Å². The Morgan fingerprint density at radius 2 is 2.00 bits per heavy atom. The van der Waals surface area contributed by atoms with Crippen molar-refractivity contribution in [3.63, 3.8) is 0 Å². The predicted molar refractivity (Wildman–Crippen MR) is 78.5 cm³/mol. The van der Waals surface area contributed by atoms with Crippen molar-refractivity contribution < 1.29 is 4.74 Å². The number of hydrazine groups is 1. The van der Waals surface area contributed by atoms with E-state index in [1.54, 1.807) is 0 Å². The Labute approximate surface area is 119 Å². The van der Waals surface area contributed by atoms with Crippen LogP contribution in [-0.4, -0.2) is 27.6 Å². The second kappa shape index (κ2) is 6.21. The molecule has 1 aliphatic carbocycles. The van der Waals surface area contributed by atoms with E-state index in [0.717, 1.165) is 6.42 Å². The van der Waals surface area contributed by atoms with Gasteiger partial charge in [-0.1, -0.05) is 26.7 Å². The zero-order valence-corrected chi connectivity index (χ0v) is 12.4. The van der Waals surface area contributed by atoms with Crippen molar-refractivity contribution in [1.82, 2.24) is 15.0 Å². The Morgan fingerprint density at radius 3 is 2.65 bits per heavy atom. The standard InChI is InChI=1S/C13H24N6O/c1-4-20-12-17-10(16-11(18-12)19-14)15-9-7-5-6-8-13(9,2)3/h9H,4-8,14H2,1-3H3,(H2,15,16,17,18,19). The molecule has 20 heavy (non-hydrogen) atoms. The third-order valence-corrected chi connectivity index (χ3v) is 3.83. The van der Waals surface area contributed by atoms with E-state index in [1.807, 2.05) is 6.92 Å². The summed E-state index contributed by atoms with van der Waals surface area (Å²) in [7, 11) is 0.